The molecule has 2 rings (SSSR count). The van der Waals surface area contributed by atoms with Crippen LogP contribution in [0.5, 0.6) is 0 Å². The molecule has 1 amide bonds. The third-order valence-corrected chi connectivity index (χ3v) is 3.41. The highest BCUT2D eigenvalue weighted by molar-refractivity contribution is 7.78. The molecule has 0 saturated carbocycles. The van der Waals surface area contributed by atoms with E-state index in [1.807, 2.05) is 30.3 Å². The standard InChI is InChI=1S/C16H18N4OS/c1-19(10-6-5-9-17-13-22)16(21)20-11-15(18-12-20)14-7-3-2-4-8-14/h2-4,7-8,11-12H,5-6,9-10H2,1H3. The number of unbranched alkanes of at least 4 members (excludes halogenated alkanes) is 1. The fraction of sp³-hybridized carbons (Fsp3) is 0.312. The molecular weight excluding hydrogens is 296 g/mol. The van der Waals surface area contributed by atoms with Crippen LogP contribution in [0, 0.1) is 0 Å². The number of isothiocyanates is 1. The second kappa shape index (κ2) is 8.22. The van der Waals surface area contributed by atoms with Crippen LogP contribution in [0.15, 0.2) is 47.8 Å². The number of imidazole rings is 1. The van der Waals surface area contributed by atoms with Gasteiger partial charge in [0.15, 0.2) is 0 Å². The second-order valence-corrected chi connectivity index (χ2v) is 5.10. The van der Waals surface area contributed by atoms with E-state index < -0.39 is 0 Å². The molecule has 0 N–H and O–H groups in total. The number of amides is 1. The minimum atomic E-state index is -0.0898. The predicted molar refractivity (Wildman–Crippen MR) is 90.2 cm³/mol. The quantitative estimate of drug-likeness (QED) is 0.467. The normalized spacial score (nSPS) is 10.0. The molecule has 1 aromatic heterocycles. The molecule has 0 aliphatic rings. The van der Waals surface area contributed by atoms with Gasteiger partial charge in [-0.3, -0.25) is 4.57 Å². The minimum absolute atomic E-state index is 0.0898. The number of carbonyl (C=O) groups excluding carboxylic acids is 1. The highest BCUT2D eigenvalue weighted by Gasteiger charge is 2.12. The number of hydrogen-bond acceptors (Lipinski definition) is 4. The number of aliphatic imine (C=N–C) groups is 1. The second-order valence-electron chi connectivity index (χ2n) is 4.92. The molecule has 0 radical (unpaired) electrons. The highest BCUT2D eigenvalue weighted by atomic mass is 32.1. The molecule has 0 spiro atoms. The van der Waals surface area contributed by atoms with Gasteiger partial charge in [0.1, 0.15) is 6.33 Å². The Morgan fingerprint density at radius 2 is 2.14 bits per heavy atom. The molecule has 0 saturated heterocycles. The van der Waals surface area contributed by atoms with Crippen molar-refractivity contribution >= 4 is 23.4 Å². The number of hydrogen-bond donors (Lipinski definition) is 0. The Hall–Kier alpha value is -2.30. The molecule has 1 heterocycles. The maximum absolute atomic E-state index is 12.3. The van der Waals surface area contributed by atoms with Gasteiger partial charge in [-0.05, 0) is 25.1 Å². The van der Waals surface area contributed by atoms with Crippen molar-refractivity contribution in [2.75, 3.05) is 20.1 Å². The molecule has 0 aliphatic heterocycles. The van der Waals surface area contributed by atoms with Gasteiger partial charge >= 0.3 is 6.03 Å². The number of nitrogens with zero attached hydrogens (tertiary/aromatic N) is 4. The lowest BCUT2D eigenvalue weighted by Gasteiger charge is -2.16. The first-order valence-electron chi connectivity index (χ1n) is 7.11. The fourth-order valence-electron chi connectivity index (χ4n) is 2.06. The topological polar surface area (TPSA) is 50.5 Å². The van der Waals surface area contributed by atoms with Crippen LogP contribution in [0.3, 0.4) is 0 Å². The summed E-state index contributed by atoms with van der Waals surface area (Å²) in [7, 11) is 1.78. The number of benzene rings is 1. The number of aromatic nitrogens is 2. The van der Waals surface area contributed by atoms with Crippen LogP contribution in [0.2, 0.25) is 0 Å². The summed E-state index contributed by atoms with van der Waals surface area (Å²) >= 11 is 4.51. The molecule has 0 atom stereocenters. The molecule has 1 aromatic carbocycles. The molecule has 6 heteroatoms. The number of thiocarbonyl (C=S) groups is 1. The summed E-state index contributed by atoms with van der Waals surface area (Å²) in [5.41, 5.74) is 1.78. The smallest absolute Gasteiger partial charge is 0.327 e. The summed E-state index contributed by atoms with van der Waals surface area (Å²) in [6.45, 7) is 1.33. The van der Waals surface area contributed by atoms with Crippen molar-refractivity contribution in [2.24, 2.45) is 4.99 Å². The molecule has 114 valence electrons. The van der Waals surface area contributed by atoms with Crippen LogP contribution in [-0.4, -0.2) is 45.8 Å². The van der Waals surface area contributed by atoms with E-state index in [-0.39, 0.29) is 6.03 Å². The lowest BCUT2D eigenvalue weighted by molar-refractivity contribution is 0.209. The zero-order valence-corrected chi connectivity index (χ0v) is 13.3. The van der Waals surface area contributed by atoms with E-state index in [1.165, 1.54) is 4.57 Å². The molecule has 0 unspecified atom stereocenters. The van der Waals surface area contributed by atoms with Crippen LogP contribution < -0.4 is 0 Å². The molecule has 0 aliphatic carbocycles. The van der Waals surface area contributed by atoms with E-state index in [9.17, 15) is 4.79 Å². The highest BCUT2D eigenvalue weighted by Crippen LogP contribution is 2.16. The first kappa shape index (κ1) is 16.1. The van der Waals surface area contributed by atoms with Crippen LogP contribution in [0.25, 0.3) is 11.3 Å². The van der Waals surface area contributed by atoms with E-state index in [1.54, 1.807) is 24.5 Å². The zero-order valence-electron chi connectivity index (χ0n) is 12.5. The molecule has 5 nitrogen and oxygen atoms in total. The van der Waals surface area contributed by atoms with Gasteiger partial charge in [-0.1, -0.05) is 30.3 Å². The van der Waals surface area contributed by atoms with Crippen LogP contribution in [0.1, 0.15) is 12.8 Å². The van der Waals surface area contributed by atoms with Crippen molar-refractivity contribution in [1.29, 1.82) is 0 Å². The van der Waals surface area contributed by atoms with Gasteiger partial charge in [0.05, 0.1) is 10.9 Å². The van der Waals surface area contributed by atoms with E-state index >= 15 is 0 Å². The summed E-state index contributed by atoms with van der Waals surface area (Å²) < 4.78 is 1.51. The first-order valence-corrected chi connectivity index (χ1v) is 7.51. The van der Waals surface area contributed by atoms with Gasteiger partial charge in [0.2, 0.25) is 0 Å². The van der Waals surface area contributed by atoms with Gasteiger partial charge in [-0.25, -0.2) is 14.8 Å². The van der Waals surface area contributed by atoms with Crippen molar-refractivity contribution in [3.8, 4) is 11.3 Å². The van der Waals surface area contributed by atoms with Crippen molar-refractivity contribution in [2.45, 2.75) is 12.8 Å². The average Bonchev–Trinajstić information content (AvgIpc) is 3.04. The largest absolute Gasteiger partial charge is 0.329 e. The first-order chi connectivity index (χ1) is 10.7. The Morgan fingerprint density at radius 1 is 1.36 bits per heavy atom. The zero-order chi connectivity index (χ0) is 15.8. The summed E-state index contributed by atoms with van der Waals surface area (Å²) in [6, 6.07) is 9.70. The van der Waals surface area contributed by atoms with Crippen molar-refractivity contribution < 1.29 is 4.79 Å². The van der Waals surface area contributed by atoms with Crippen LogP contribution in [0.4, 0.5) is 4.79 Å². The maximum Gasteiger partial charge on any atom is 0.329 e. The summed E-state index contributed by atoms with van der Waals surface area (Å²) in [5, 5.41) is 2.34. The number of carbonyl (C=O) groups is 1. The molecule has 2 aromatic rings. The van der Waals surface area contributed by atoms with Crippen LogP contribution >= 0.6 is 12.2 Å². The van der Waals surface area contributed by atoms with Gasteiger partial charge in [0, 0.05) is 31.9 Å². The molecule has 22 heavy (non-hydrogen) atoms. The van der Waals surface area contributed by atoms with E-state index in [2.05, 4.69) is 27.4 Å². The van der Waals surface area contributed by atoms with Crippen molar-refractivity contribution in [1.82, 2.24) is 14.5 Å². The maximum atomic E-state index is 12.3. The Morgan fingerprint density at radius 3 is 2.86 bits per heavy atom. The lowest BCUT2D eigenvalue weighted by atomic mass is 10.2. The molecular formula is C16H18N4OS. The van der Waals surface area contributed by atoms with Gasteiger partial charge in [0.25, 0.3) is 0 Å². The Balaban J connectivity index is 1.92. The fourth-order valence-corrected chi connectivity index (χ4v) is 2.15. The lowest BCUT2D eigenvalue weighted by Crippen LogP contribution is -2.31. The molecule has 0 fully saturated rings. The average molecular weight is 314 g/mol. The molecule has 0 bridgehead atoms. The van der Waals surface area contributed by atoms with Crippen molar-refractivity contribution in [3.63, 3.8) is 0 Å². The predicted octanol–water partition coefficient (Wildman–Crippen LogP) is 3.33. The van der Waals surface area contributed by atoms with E-state index in [0.717, 1.165) is 24.1 Å². The number of rotatable bonds is 6. The Bertz CT molecular complexity index is 662. The van der Waals surface area contributed by atoms with E-state index in [4.69, 9.17) is 0 Å². The SMILES string of the molecule is CN(CCCCN=C=S)C(=O)n1cnc(-c2ccccc2)c1. The Labute approximate surface area is 135 Å². The third-order valence-electron chi connectivity index (χ3n) is 3.28. The van der Waals surface area contributed by atoms with Crippen molar-refractivity contribution in [3.05, 3.63) is 42.9 Å². The summed E-state index contributed by atoms with van der Waals surface area (Å²) in [5.74, 6) is 0. The monoisotopic (exact) mass is 314 g/mol. The van der Waals surface area contributed by atoms with Gasteiger partial charge in [-0.15, -0.1) is 0 Å². The van der Waals surface area contributed by atoms with Crippen LogP contribution in [-0.2, 0) is 0 Å². The minimum Gasteiger partial charge on any atom is -0.327 e. The van der Waals surface area contributed by atoms with Gasteiger partial charge < -0.3 is 4.90 Å². The van der Waals surface area contributed by atoms with Gasteiger partial charge in [-0.2, -0.15) is 0 Å². The van der Waals surface area contributed by atoms with E-state index in [0.29, 0.717) is 13.1 Å². The summed E-state index contributed by atoms with van der Waals surface area (Å²) in [6.07, 6.45) is 5.08. The Kier molecular flexibility index (Phi) is 6.01. The third kappa shape index (κ3) is 4.35. The summed E-state index contributed by atoms with van der Waals surface area (Å²) in [4.78, 5) is 22.1.